The largest absolute Gasteiger partial charge is 0.380 e. The summed E-state index contributed by atoms with van der Waals surface area (Å²) in [4.78, 5) is 2.50. The first-order chi connectivity index (χ1) is 8.01. The number of nitrogens with two attached hydrogens (primary N) is 1. The van der Waals surface area contributed by atoms with Crippen molar-refractivity contribution < 1.29 is 4.74 Å². The molecule has 17 heavy (non-hydrogen) atoms. The van der Waals surface area contributed by atoms with E-state index in [1.54, 1.807) is 0 Å². The van der Waals surface area contributed by atoms with Crippen molar-refractivity contribution in [3.63, 3.8) is 0 Å². The first kappa shape index (κ1) is 16.9. The van der Waals surface area contributed by atoms with E-state index < -0.39 is 0 Å². The molecule has 0 rings (SSSR count). The fraction of sp³-hybridized carbons (Fsp3) is 1.00. The Hall–Kier alpha value is -0.120. The van der Waals surface area contributed by atoms with Crippen molar-refractivity contribution in [1.29, 1.82) is 0 Å². The Morgan fingerprint density at radius 1 is 1.24 bits per heavy atom. The van der Waals surface area contributed by atoms with E-state index in [-0.39, 0.29) is 5.54 Å². The summed E-state index contributed by atoms with van der Waals surface area (Å²) in [6.07, 6.45) is 3.80. The number of unbranched alkanes of at least 4 members (excludes halogenated alkanes) is 2. The lowest BCUT2D eigenvalue weighted by Gasteiger charge is -2.43. The van der Waals surface area contributed by atoms with Gasteiger partial charge in [-0.15, -0.1) is 0 Å². The van der Waals surface area contributed by atoms with E-state index in [0.29, 0.717) is 12.6 Å². The number of nitrogens with zero attached hydrogens (tertiary/aromatic N) is 1. The van der Waals surface area contributed by atoms with Crippen LogP contribution in [0.5, 0.6) is 0 Å². The van der Waals surface area contributed by atoms with E-state index in [1.807, 2.05) is 6.92 Å². The van der Waals surface area contributed by atoms with Crippen LogP contribution in [0.15, 0.2) is 0 Å². The third-order valence-electron chi connectivity index (χ3n) is 3.38. The summed E-state index contributed by atoms with van der Waals surface area (Å²) in [5, 5.41) is 0. The normalized spacial score (nSPS) is 15.5. The van der Waals surface area contributed by atoms with Crippen molar-refractivity contribution in [1.82, 2.24) is 4.90 Å². The van der Waals surface area contributed by atoms with Crippen LogP contribution in [-0.2, 0) is 4.74 Å². The zero-order valence-electron chi connectivity index (χ0n) is 12.5. The van der Waals surface area contributed by atoms with Gasteiger partial charge in [-0.2, -0.15) is 0 Å². The summed E-state index contributed by atoms with van der Waals surface area (Å²) in [5.41, 5.74) is 5.94. The highest BCUT2D eigenvalue weighted by atomic mass is 16.5. The highest BCUT2D eigenvalue weighted by Gasteiger charge is 2.32. The van der Waals surface area contributed by atoms with Gasteiger partial charge in [-0.1, -0.05) is 19.8 Å². The summed E-state index contributed by atoms with van der Waals surface area (Å²) in [6, 6.07) is 0.515. The molecule has 2 N–H and O–H groups in total. The van der Waals surface area contributed by atoms with Gasteiger partial charge >= 0.3 is 0 Å². The van der Waals surface area contributed by atoms with E-state index in [9.17, 15) is 0 Å². The molecule has 0 spiro atoms. The van der Waals surface area contributed by atoms with Gasteiger partial charge in [-0.3, -0.25) is 4.90 Å². The van der Waals surface area contributed by atoms with Gasteiger partial charge in [-0.05, 0) is 40.7 Å². The molecule has 0 aliphatic carbocycles. The van der Waals surface area contributed by atoms with Gasteiger partial charge in [-0.25, -0.2) is 0 Å². The molecule has 0 bridgehead atoms. The standard InChI is InChI=1S/C14H32N2O/c1-6-8-9-10-16(13(3)4)14(5,11-15)12-17-7-2/h13H,6-12,15H2,1-5H3. The van der Waals surface area contributed by atoms with Crippen molar-refractivity contribution in [2.75, 3.05) is 26.3 Å². The maximum absolute atomic E-state index is 5.97. The number of hydrogen-bond donors (Lipinski definition) is 1. The van der Waals surface area contributed by atoms with Crippen molar-refractivity contribution in [2.45, 2.75) is 65.5 Å². The summed E-state index contributed by atoms with van der Waals surface area (Å²) in [7, 11) is 0. The first-order valence-electron chi connectivity index (χ1n) is 7.06. The quantitative estimate of drug-likeness (QED) is 0.600. The number of rotatable bonds is 10. The molecular weight excluding hydrogens is 212 g/mol. The highest BCUT2D eigenvalue weighted by molar-refractivity contribution is 4.89. The summed E-state index contributed by atoms with van der Waals surface area (Å²) >= 11 is 0. The molecule has 0 aromatic carbocycles. The predicted octanol–water partition coefficient (Wildman–Crippen LogP) is 2.64. The molecule has 0 saturated heterocycles. The molecule has 0 saturated carbocycles. The maximum atomic E-state index is 5.97. The average molecular weight is 244 g/mol. The van der Waals surface area contributed by atoms with Gasteiger partial charge in [0.1, 0.15) is 0 Å². The van der Waals surface area contributed by atoms with Crippen LogP contribution in [0, 0.1) is 0 Å². The van der Waals surface area contributed by atoms with Gasteiger partial charge in [0.25, 0.3) is 0 Å². The third-order valence-corrected chi connectivity index (χ3v) is 3.38. The average Bonchev–Trinajstić information content (AvgIpc) is 2.31. The molecule has 0 aromatic heterocycles. The number of hydrogen-bond acceptors (Lipinski definition) is 3. The second kappa shape index (κ2) is 8.90. The summed E-state index contributed by atoms with van der Waals surface area (Å²) in [6.45, 7) is 14.2. The minimum Gasteiger partial charge on any atom is -0.380 e. The zero-order chi connectivity index (χ0) is 13.3. The first-order valence-corrected chi connectivity index (χ1v) is 7.06. The molecule has 3 nitrogen and oxygen atoms in total. The lowest BCUT2D eigenvalue weighted by Crippen LogP contribution is -2.57. The van der Waals surface area contributed by atoms with E-state index >= 15 is 0 Å². The van der Waals surface area contributed by atoms with Gasteiger partial charge in [0.15, 0.2) is 0 Å². The van der Waals surface area contributed by atoms with Gasteiger partial charge < -0.3 is 10.5 Å². The van der Waals surface area contributed by atoms with E-state index in [2.05, 4.69) is 32.6 Å². The SMILES string of the molecule is CCCCCN(C(C)C)C(C)(CN)COCC. The van der Waals surface area contributed by atoms with Crippen molar-refractivity contribution in [2.24, 2.45) is 5.73 Å². The van der Waals surface area contributed by atoms with Gasteiger partial charge in [0, 0.05) is 19.2 Å². The van der Waals surface area contributed by atoms with Crippen LogP contribution in [0.1, 0.15) is 53.9 Å². The minimum absolute atomic E-state index is 0.0298. The van der Waals surface area contributed by atoms with Crippen LogP contribution in [0.25, 0.3) is 0 Å². The van der Waals surface area contributed by atoms with Crippen LogP contribution < -0.4 is 5.73 Å². The van der Waals surface area contributed by atoms with E-state index in [4.69, 9.17) is 10.5 Å². The van der Waals surface area contributed by atoms with Crippen molar-refractivity contribution >= 4 is 0 Å². The summed E-state index contributed by atoms with van der Waals surface area (Å²) < 4.78 is 5.61. The van der Waals surface area contributed by atoms with Gasteiger partial charge in [0.05, 0.1) is 12.1 Å². The maximum Gasteiger partial charge on any atom is 0.0660 e. The smallest absolute Gasteiger partial charge is 0.0660 e. The molecular formula is C14H32N2O. The molecule has 0 aliphatic heterocycles. The Labute approximate surface area is 108 Å². The highest BCUT2D eigenvalue weighted by Crippen LogP contribution is 2.19. The Kier molecular flexibility index (Phi) is 8.83. The topological polar surface area (TPSA) is 38.5 Å². The van der Waals surface area contributed by atoms with Crippen molar-refractivity contribution in [3.8, 4) is 0 Å². The molecule has 0 heterocycles. The van der Waals surface area contributed by atoms with Gasteiger partial charge in [0.2, 0.25) is 0 Å². The lowest BCUT2D eigenvalue weighted by atomic mass is 9.98. The van der Waals surface area contributed by atoms with E-state index in [1.165, 1.54) is 19.3 Å². The van der Waals surface area contributed by atoms with Crippen molar-refractivity contribution in [3.05, 3.63) is 0 Å². The Bertz CT molecular complexity index is 185. The fourth-order valence-corrected chi connectivity index (χ4v) is 2.26. The molecule has 0 aromatic rings. The Morgan fingerprint density at radius 2 is 1.88 bits per heavy atom. The zero-order valence-corrected chi connectivity index (χ0v) is 12.5. The second-order valence-electron chi connectivity index (χ2n) is 5.33. The van der Waals surface area contributed by atoms with Crippen LogP contribution >= 0.6 is 0 Å². The monoisotopic (exact) mass is 244 g/mol. The van der Waals surface area contributed by atoms with Crippen LogP contribution in [-0.4, -0.2) is 42.8 Å². The molecule has 0 aliphatic rings. The molecule has 1 unspecified atom stereocenters. The third kappa shape index (κ3) is 5.84. The molecule has 0 radical (unpaired) electrons. The van der Waals surface area contributed by atoms with Crippen LogP contribution in [0.3, 0.4) is 0 Å². The fourth-order valence-electron chi connectivity index (χ4n) is 2.26. The minimum atomic E-state index is -0.0298. The lowest BCUT2D eigenvalue weighted by molar-refractivity contribution is -0.00710. The molecule has 0 fully saturated rings. The number of ether oxygens (including phenoxy) is 1. The van der Waals surface area contributed by atoms with Crippen LogP contribution in [0.2, 0.25) is 0 Å². The van der Waals surface area contributed by atoms with Crippen LogP contribution in [0.4, 0.5) is 0 Å². The second-order valence-corrected chi connectivity index (χ2v) is 5.33. The van der Waals surface area contributed by atoms with E-state index in [0.717, 1.165) is 19.8 Å². The predicted molar refractivity (Wildman–Crippen MR) is 75.3 cm³/mol. The summed E-state index contributed by atoms with van der Waals surface area (Å²) in [5.74, 6) is 0. The molecule has 104 valence electrons. The molecule has 3 heteroatoms. The molecule has 1 atom stereocenters. The Morgan fingerprint density at radius 3 is 2.29 bits per heavy atom. The molecule has 0 amide bonds. The Balaban J connectivity index is 4.49.